The number of halogens is 2. The van der Waals surface area contributed by atoms with Gasteiger partial charge in [-0.25, -0.2) is 4.39 Å². The maximum absolute atomic E-state index is 13.6. The van der Waals surface area contributed by atoms with E-state index < -0.39 is 0 Å². The minimum atomic E-state index is -0.196. The molecule has 1 aromatic carbocycles. The average molecular weight is 314 g/mol. The highest BCUT2D eigenvalue weighted by Crippen LogP contribution is 2.37. The maximum Gasteiger partial charge on any atom is 0.139 e. The van der Waals surface area contributed by atoms with Gasteiger partial charge >= 0.3 is 0 Å². The van der Waals surface area contributed by atoms with Gasteiger partial charge in [0.05, 0.1) is 4.47 Å². The molecule has 0 aromatic heterocycles. The van der Waals surface area contributed by atoms with E-state index in [9.17, 15) is 4.39 Å². The molecular weight excluding hydrogens is 293 g/mol. The van der Waals surface area contributed by atoms with Crippen LogP contribution < -0.4 is 5.32 Å². The summed E-state index contributed by atoms with van der Waals surface area (Å²) in [5.74, 6) is -0.196. The number of aryl methyl sites for hydroxylation is 1. The molecule has 0 bridgehead atoms. The van der Waals surface area contributed by atoms with Crippen molar-refractivity contribution in [1.82, 2.24) is 0 Å². The number of nitrogens with one attached hydrogen (secondary N) is 1. The highest BCUT2D eigenvalue weighted by Gasteiger charge is 2.28. The Morgan fingerprint density at radius 3 is 2.78 bits per heavy atom. The van der Waals surface area contributed by atoms with Gasteiger partial charge in [0.25, 0.3) is 0 Å². The molecule has 2 rings (SSSR count). The molecule has 1 saturated carbocycles. The predicted octanol–water partition coefficient (Wildman–Crippen LogP) is 5.28. The lowest BCUT2D eigenvalue weighted by Crippen LogP contribution is -2.32. The Morgan fingerprint density at radius 1 is 1.39 bits per heavy atom. The molecule has 0 aliphatic heterocycles. The van der Waals surface area contributed by atoms with Gasteiger partial charge in [-0.1, -0.05) is 20.3 Å². The third kappa shape index (κ3) is 3.25. The third-order valence-electron chi connectivity index (χ3n) is 3.83. The first-order valence-electron chi connectivity index (χ1n) is 6.59. The van der Waals surface area contributed by atoms with Crippen molar-refractivity contribution in [1.29, 1.82) is 0 Å². The van der Waals surface area contributed by atoms with Crippen molar-refractivity contribution in [2.45, 2.75) is 52.5 Å². The summed E-state index contributed by atoms with van der Waals surface area (Å²) in [6.45, 7) is 6.65. The Balaban J connectivity index is 2.12. The Labute approximate surface area is 117 Å². The van der Waals surface area contributed by atoms with E-state index in [-0.39, 0.29) is 5.82 Å². The van der Waals surface area contributed by atoms with Gasteiger partial charge in [-0.15, -0.1) is 0 Å². The Hall–Kier alpha value is -0.570. The van der Waals surface area contributed by atoms with Crippen molar-refractivity contribution in [3.8, 4) is 0 Å². The molecule has 0 amide bonds. The molecule has 1 fully saturated rings. The van der Waals surface area contributed by atoms with E-state index in [1.54, 1.807) is 6.07 Å². The molecule has 100 valence electrons. The lowest BCUT2D eigenvalue weighted by Gasteiger charge is -2.36. The zero-order valence-corrected chi connectivity index (χ0v) is 12.9. The molecule has 1 aliphatic rings. The van der Waals surface area contributed by atoms with Crippen LogP contribution in [0.15, 0.2) is 16.6 Å². The summed E-state index contributed by atoms with van der Waals surface area (Å²) in [7, 11) is 0. The summed E-state index contributed by atoms with van der Waals surface area (Å²) < 4.78 is 14.1. The molecule has 0 radical (unpaired) electrons. The highest BCUT2D eigenvalue weighted by atomic mass is 79.9. The van der Waals surface area contributed by atoms with Crippen molar-refractivity contribution in [3.05, 3.63) is 28.0 Å². The first kappa shape index (κ1) is 13.9. The number of hydrogen-bond acceptors (Lipinski definition) is 1. The van der Waals surface area contributed by atoms with Crippen LogP contribution in [0.1, 0.15) is 45.1 Å². The largest absolute Gasteiger partial charge is 0.382 e. The second-order valence-corrected chi connectivity index (χ2v) is 7.04. The third-order valence-corrected chi connectivity index (χ3v) is 4.44. The first-order valence-corrected chi connectivity index (χ1v) is 7.39. The van der Waals surface area contributed by atoms with Crippen LogP contribution in [0.3, 0.4) is 0 Å². The number of anilines is 1. The summed E-state index contributed by atoms with van der Waals surface area (Å²) >= 11 is 3.22. The van der Waals surface area contributed by atoms with E-state index in [2.05, 4.69) is 35.1 Å². The molecular formula is C15H21BrFN. The topological polar surface area (TPSA) is 12.0 Å². The van der Waals surface area contributed by atoms with Crippen LogP contribution in [0.5, 0.6) is 0 Å². The van der Waals surface area contributed by atoms with E-state index in [1.807, 2.05) is 13.0 Å². The van der Waals surface area contributed by atoms with E-state index in [4.69, 9.17) is 0 Å². The van der Waals surface area contributed by atoms with Gasteiger partial charge < -0.3 is 5.32 Å². The molecule has 1 aromatic rings. The highest BCUT2D eigenvalue weighted by molar-refractivity contribution is 9.10. The molecule has 1 atom stereocenters. The van der Waals surface area contributed by atoms with E-state index >= 15 is 0 Å². The zero-order valence-electron chi connectivity index (χ0n) is 11.3. The van der Waals surface area contributed by atoms with Crippen LogP contribution >= 0.6 is 15.9 Å². The molecule has 0 saturated heterocycles. The molecule has 0 spiro atoms. The average Bonchev–Trinajstić information content (AvgIpc) is 2.24. The van der Waals surface area contributed by atoms with Crippen LogP contribution in [0.4, 0.5) is 10.1 Å². The molecule has 1 aliphatic carbocycles. The smallest absolute Gasteiger partial charge is 0.139 e. The second-order valence-electron chi connectivity index (χ2n) is 6.18. The van der Waals surface area contributed by atoms with Gasteiger partial charge in [0.1, 0.15) is 5.82 Å². The number of hydrogen-bond donors (Lipinski definition) is 1. The van der Waals surface area contributed by atoms with Crippen molar-refractivity contribution in [3.63, 3.8) is 0 Å². The molecule has 1 unspecified atom stereocenters. The molecule has 0 heterocycles. The van der Waals surface area contributed by atoms with Crippen molar-refractivity contribution in [2.75, 3.05) is 5.32 Å². The van der Waals surface area contributed by atoms with Gasteiger partial charge in [0.15, 0.2) is 0 Å². The van der Waals surface area contributed by atoms with Crippen LogP contribution in [0.25, 0.3) is 0 Å². The lowest BCUT2D eigenvalue weighted by atomic mass is 9.75. The molecule has 18 heavy (non-hydrogen) atoms. The van der Waals surface area contributed by atoms with Gasteiger partial charge in [0.2, 0.25) is 0 Å². The minimum absolute atomic E-state index is 0.196. The lowest BCUT2D eigenvalue weighted by molar-refractivity contribution is 0.229. The van der Waals surface area contributed by atoms with Crippen molar-refractivity contribution < 1.29 is 4.39 Å². The number of benzene rings is 1. The molecule has 1 N–H and O–H groups in total. The first-order chi connectivity index (χ1) is 8.37. The van der Waals surface area contributed by atoms with E-state index in [0.717, 1.165) is 17.7 Å². The predicted molar refractivity (Wildman–Crippen MR) is 78.5 cm³/mol. The van der Waals surface area contributed by atoms with Gasteiger partial charge in [-0.2, -0.15) is 0 Å². The minimum Gasteiger partial charge on any atom is -0.382 e. The second kappa shape index (κ2) is 5.20. The maximum atomic E-state index is 13.6. The van der Waals surface area contributed by atoms with Gasteiger partial charge in [0, 0.05) is 11.7 Å². The Kier molecular flexibility index (Phi) is 4.00. The SMILES string of the molecule is Cc1cc(Br)c(F)cc1NC1CCCC(C)(C)C1. The summed E-state index contributed by atoms with van der Waals surface area (Å²) in [6, 6.07) is 3.90. The van der Waals surface area contributed by atoms with Crippen LogP contribution in [-0.4, -0.2) is 6.04 Å². The van der Waals surface area contributed by atoms with Gasteiger partial charge in [-0.05, 0) is 65.2 Å². The van der Waals surface area contributed by atoms with Crippen LogP contribution in [0.2, 0.25) is 0 Å². The fraction of sp³-hybridized carbons (Fsp3) is 0.600. The Morgan fingerprint density at radius 2 is 2.11 bits per heavy atom. The van der Waals surface area contributed by atoms with Gasteiger partial charge in [-0.3, -0.25) is 0 Å². The van der Waals surface area contributed by atoms with E-state index in [1.165, 1.54) is 19.3 Å². The molecule has 1 nitrogen and oxygen atoms in total. The van der Waals surface area contributed by atoms with Crippen LogP contribution in [0, 0.1) is 18.2 Å². The number of rotatable bonds is 2. The van der Waals surface area contributed by atoms with Crippen LogP contribution in [-0.2, 0) is 0 Å². The fourth-order valence-electron chi connectivity index (χ4n) is 2.84. The Bertz CT molecular complexity index is 442. The summed E-state index contributed by atoms with van der Waals surface area (Å²) in [4.78, 5) is 0. The van der Waals surface area contributed by atoms with Crippen molar-refractivity contribution in [2.24, 2.45) is 5.41 Å². The summed E-state index contributed by atoms with van der Waals surface area (Å²) in [6.07, 6.45) is 4.88. The van der Waals surface area contributed by atoms with Crippen molar-refractivity contribution >= 4 is 21.6 Å². The quantitative estimate of drug-likeness (QED) is 0.783. The monoisotopic (exact) mass is 313 g/mol. The summed E-state index contributed by atoms with van der Waals surface area (Å²) in [5, 5.41) is 3.51. The zero-order chi connectivity index (χ0) is 13.3. The standard InChI is InChI=1S/C15H21BrFN/c1-10-7-12(16)13(17)8-14(10)18-11-5-4-6-15(2,3)9-11/h7-8,11,18H,4-6,9H2,1-3H3. The summed E-state index contributed by atoms with van der Waals surface area (Å²) in [5.41, 5.74) is 2.42. The van der Waals surface area contributed by atoms with E-state index in [0.29, 0.717) is 15.9 Å². The molecule has 3 heteroatoms. The normalized spacial score (nSPS) is 22.8. The fourth-order valence-corrected chi connectivity index (χ4v) is 3.30.